The molecule has 12 aromatic rings. The molecule has 0 radical (unpaired) electrons. The Morgan fingerprint density at radius 2 is 0.812 bits per heavy atom. The lowest BCUT2D eigenvalue weighted by molar-refractivity contribution is 0.768. The number of benzene rings is 10. The van der Waals surface area contributed by atoms with Gasteiger partial charge in [-0.1, -0.05) is 188 Å². The van der Waals surface area contributed by atoms with Crippen LogP contribution in [0.25, 0.3) is 98.1 Å². The Morgan fingerprint density at radius 1 is 0.312 bits per heavy atom. The largest absolute Gasteiger partial charge is 0.208 e. The van der Waals surface area contributed by atoms with Crippen molar-refractivity contribution in [2.75, 3.05) is 0 Å². The van der Waals surface area contributed by atoms with E-state index in [0.717, 1.165) is 27.5 Å². The molecule has 0 saturated carbocycles. The molecular formula is C60H37N3S. The molecule has 1 aliphatic rings. The van der Waals surface area contributed by atoms with Crippen molar-refractivity contribution >= 4 is 53.1 Å². The summed E-state index contributed by atoms with van der Waals surface area (Å²) >= 11 is 1.79. The quantitative estimate of drug-likeness (QED) is 0.168. The summed E-state index contributed by atoms with van der Waals surface area (Å²) in [5.74, 6) is 1.93. The number of aromatic nitrogens is 3. The summed E-state index contributed by atoms with van der Waals surface area (Å²) in [6.45, 7) is 0. The van der Waals surface area contributed by atoms with Crippen LogP contribution in [0.5, 0.6) is 0 Å². The predicted molar refractivity (Wildman–Crippen MR) is 267 cm³/mol. The lowest BCUT2D eigenvalue weighted by atomic mass is 9.67. The Morgan fingerprint density at radius 3 is 1.56 bits per heavy atom. The van der Waals surface area contributed by atoms with Gasteiger partial charge in [-0.25, -0.2) is 15.0 Å². The van der Waals surface area contributed by atoms with Gasteiger partial charge in [0.2, 0.25) is 0 Å². The van der Waals surface area contributed by atoms with Crippen molar-refractivity contribution in [1.29, 1.82) is 0 Å². The topological polar surface area (TPSA) is 38.7 Å². The maximum atomic E-state index is 5.40. The molecule has 3 nitrogen and oxygen atoms in total. The van der Waals surface area contributed by atoms with Crippen LogP contribution in [-0.4, -0.2) is 15.0 Å². The van der Waals surface area contributed by atoms with Crippen molar-refractivity contribution < 1.29 is 0 Å². The molecule has 0 bridgehead atoms. The first-order valence-electron chi connectivity index (χ1n) is 21.7. The molecule has 0 spiro atoms. The average Bonchev–Trinajstić information content (AvgIpc) is 3.90. The number of thiophene rings is 1. The standard InChI is InChI=1S/C60H37N3S/c1-3-16-46(17-4-1)60(47-18-5-2-6-19-47)53-24-11-9-20-48(53)49-33-32-45(37-54(49)60)58-61-57(62-59(63-58)52-23-13-22-51-50-21-10-12-25-55(50)64-56(51)52)44-31-30-42-35-41(28-29-43(42)36-44)40-27-26-38-14-7-8-15-39(38)34-40/h1-37H. The second-order valence-electron chi connectivity index (χ2n) is 16.7. The highest BCUT2D eigenvalue weighted by atomic mass is 32.1. The van der Waals surface area contributed by atoms with Gasteiger partial charge in [-0.2, -0.15) is 0 Å². The van der Waals surface area contributed by atoms with E-state index in [-0.39, 0.29) is 0 Å². The van der Waals surface area contributed by atoms with Crippen molar-refractivity contribution in [2.45, 2.75) is 5.41 Å². The summed E-state index contributed by atoms with van der Waals surface area (Å²) in [7, 11) is 0. The van der Waals surface area contributed by atoms with Crippen LogP contribution in [0.3, 0.4) is 0 Å². The zero-order valence-corrected chi connectivity index (χ0v) is 35.4. The minimum Gasteiger partial charge on any atom is -0.208 e. The molecule has 13 rings (SSSR count). The predicted octanol–water partition coefficient (Wildman–Crippen LogP) is 15.6. The van der Waals surface area contributed by atoms with Crippen LogP contribution >= 0.6 is 11.3 Å². The van der Waals surface area contributed by atoms with Gasteiger partial charge in [-0.15, -0.1) is 11.3 Å². The molecule has 0 atom stereocenters. The summed E-state index contributed by atoms with van der Waals surface area (Å²) in [5, 5.41) is 7.22. The van der Waals surface area contributed by atoms with Gasteiger partial charge < -0.3 is 0 Å². The molecule has 0 amide bonds. The van der Waals surface area contributed by atoms with E-state index in [1.807, 2.05) is 0 Å². The second kappa shape index (κ2) is 14.5. The molecule has 298 valence electrons. The summed E-state index contributed by atoms with van der Waals surface area (Å²) in [6, 6.07) is 81.2. The molecule has 4 heteroatoms. The zero-order chi connectivity index (χ0) is 42.2. The third-order valence-corrected chi connectivity index (χ3v) is 14.4. The molecule has 2 heterocycles. The van der Waals surface area contributed by atoms with Crippen LogP contribution in [0.1, 0.15) is 22.3 Å². The fourth-order valence-electron chi connectivity index (χ4n) is 10.2. The molecule has 0 saturated heterocycles. The molecular weight excluding hydrogens is 795 g/mol. The fourth-order valence-corrected chi connectivity index (χ4v) is 11.4. The SMILES string of the molecule is c1ccc(C2(c3ccccc3)c3ccccc3-c3ccc(-c4nc(-c5ccc6cc(-c7ccc8ccccc8c7)ccc6c5)nc(-c5cccc6c5sc5ccccc56)n4)cc32)cc1. The summed E-state index contributed by atoms with van der Waals surface area (Å²) in [4.78, 5) is 16.1. The van der Waals surface area contributed by atoms with Gasteiger partial charge in [-0.05, 0) is 102 Å². The van der Waals surface area contributed by atoms with Crippen molar-refractivity contribution in [1.82, 2.24) is 15.0 Å². The minimum absolute atomic E-state index is 0.546. The first-order valence-corrected chi connectivity index (χ1v) is 22.6. The van der Waals surface area contributed by atoms with Crippen LogP contribution < -0.4 is 0 Å². The Hall–Kier alpha value is -8.05. The number of nitrogens with zero attached hydrogens (tertiary/aromatic N) is 3. The van der Waals surface area contributed by atoms with E-state index in [2.05, 4.69) is 224 Å². The van der Waals surface area contributed by atoms with E-state index < -0.39 is 5.41 Å². The van der Waals surface area contributed by atoms with Crippen molar-refractivity contribution in [2.24, 2.45) is 0 Å². The number of fused-ring (bicyclic) bond motifs is 8. The maximum absolute atomic E-state index is 5.40. The molecule has 0 aliphatic heterocycles. The van der Waals surface area contributed by atoms with E-state index in [0.29, 0.717) is 17.5 Å². The van der Waals surface area contributed by atoms with Crippen LogP contribution in [-0.2, 0) is 5.41 Å². The van der Waals surface area contributed by atoms with Gasteiger partial charge in [-0.3, -0.25) is 0 Å². The third kappa shape index (κ3) is 5.70. The zero-order valence-electron chi connectivity index (χ0n) is 34.6. The van der Waals surface area contributed by atoms with Crippen molar-refractivity contribution in [3.05, 3.63) is 247 Å². The van der Waals surface area contributed by atoms with Crippen LogP contribution in [0.2, 0.25) is 0 Å². The lowest BCUT2D eigenvalue weighted by Crippen LogP contribution is -2.28. The summed E-state index contributed by atoms with van der Waals surface area (Å²) < 4.78 is 2.41. The fraction of sp³-hybridized carbons (Fsp3) is 0.0167. The Kier molecular flexibility index (Phi) is 8.30. The molecule has 10 aromatic carbocycles. The second-order valence-corrected chi connectivity index (χ2v) is 17.8. The van der Waals surface area contributed by atoms with E-state index in [1.54, 1.807) is 11.3 Å². The minimum atomic E-state index is -0.546. The van der Waals surface area contributed by atoms with Gasteiger partial charge in [0, 0.05) is 36.9 Å². The molecule has 0 unspecified atom stereocenters. The average molecular weight is 832 g/mol. The smallest absolute Gasteiger partial charge is 0.165 e. The Balaban J connectivity index is 1.01. The summed E-state index contributed by atoms with van der Waals surface area (Å²) in [5.41, 5.74) is 12.1. The Bertz CT molecular complexity index is 3760. The van der Waals surface area contributed by atoms with Gasteiger partial charge >= 0.3 is 0 Å². The molecule has 64 heavy (non-hydrogen) atoms. The van der Waals surface area contributed by atoms with Gasteiger partial charge in [0.25, 0.3) is 0 Å². The first kappa shape index (κ1) is 36.6. The third-order valence-electron chi connectivity index (χ3n) is 13.2. The summed E-state index contributed by atoms with van der Waals surface area (Å²) in [6.07, 6.45) is 0. The monoisotopic (exact) mass is 831 g/mol. The van der Waals surface area contributed by atoms with Gasteiger partial charge in [0.05, 0.1) is 5.41 Å². The molecule has 0 N–H and O–H groups in total. The van der Waals surface area contributed by atoms with Crippen LogP contribution in [0.15, 0.2) is 224 Å². The molecule has 2 aromatic heterocycles. The normalized spacial score (nSPS) is 12.8. The van der Waals surface area contributed by atoms with Gasteiger partial charge in [0.1, 0.15) is 0 Å². The van der Waals surface area contributed by atoms with Crippen LogP contribution in [0.4, 0.5) is 0 Å². The highest BCUT2D eigenvalue weighted by Gasteiger charge is 2.46. The highest BCUT2D eigenvalue weighted by Crippen LogP contribution is 2.56. The first-order chi connectivity index (χ1) is 31.7. The van der Waals surface area contributed by atoms with Gasteiger partial charge in [0.15, 0.2) is 17.5 Å². The van der Waals surface area contributed by atoms with Crippen LogP contribution in [0, 0.1) is 0 Å². The number of hydrogen-bond acceptors (Lipinski definition) is 4. The van der Waals surface area contributed by atoms with E-state index >= 15 is 0 Å². The van der Waals surface area contributed by atoms with Crippen molar-refractivity contribution in [3.63, 3.8) is 0 Å². The van der Waals surface area contributed by atoms with E-state index in [4.69, 9.17) is 15.0 Å². The lowest BCUT2D eigenvalue weighted by Gasteiger charge is -2.34. The molecule has 1 aliphatic carbocycles. The maximum Gasteiger partial charge on any atom is 0.165 e. The van der Waals surface area contributed by atoms with Crippen molar-refractivity contribution in [3.8, 4) is 56.4 Å². The highest BCUT2D eigenvalue weighted by molar-refractivity contribution is 7.26. The number of hydrogen-bond donors (Lipinski definition) is 0. The molecule has 0 fully saturated rings. The van der Waals surface area contributed by atoms with E-state index in [9.17, 15) is 0 Å². The van der Waals surface area contributed by atoms with E-state index in [1.165, 1.54) is 75.5 Å². The Labute approximate surface area is 374 Å². The number of rotatable bonds is 6.